The van der Waals surface area contributed by atoms with Crippen molar-refractivity contribution in [1.82, 2.24) is 4.98 Å². The summed E-state index contributed by atoms with van der Waals surface area (Å²) in [5, 5.41) is 13.7. The van der Waals surface area contributed by atoms with E-state index in [1.807, 2.05) is 48.5 Å². The highest BCUT2D eigenvalue weighted by molar-refractivity contribution is 6.04. The van der Waals surface area contributed by atoms with Gasteiger partial charge in [0, 0.05) is 21.5 Å². The fourth-order valence-corrected chi connectivity index (χ4v) is 3.45. The fourth-order valence-electron chi connectivity index (χ4n) is 3.45. The second-order valence-corrected chi connectivity index (χ2v) is 7.20. The predicted octanol–water partition coefficient (Wildman–Crippen LogP) is 7.00. The minimum absolute atomic E-state index is 0.103. The second-order valence-electron chi connectivity index (χ2n) is 7.20. The van der Waals surface area contributed by atoms with Crippen molar-refractivity contribution in [1.29, 1.82) is 0 Å². The van der Waals surface area contributed by atoms with Gasteiger partial charge in [0.25, 0.3) is 0 Å². The number of benzene rings is 3. The highest BCUT2D eigenvalue weighted by Crippen LogP contribution is 2.30. The highest BCUT2D eigenvalue weighted by atomic mass is 16.5. The molecule has 0 aliphatic heterocycles. The first kappa shape index (κ1) is 20.9. The lowest BCUT2D eigenvalue weighted by atomic mass is 10.0. The van der Waals surface area contributed by atoms with Crippen LogP contribution in [-0.4, -0.2) is 22.7 Å². The van der Waals surface area contributed by atoms with Crippen LogP contribution in [-0.2, 0) is 0 Å². The molecule has 158 valence electrons. The van der Waals surface area contributed by atoms with Crippen molar-refractivity contribution in [2.24, 2.45) is 5.11 Å². The van der Waals surface area contributed by atoms with Gasteiger partial charge in [-0.05, 0) is 53.4 Å². The maximum Gasteiger partial charge on any atom is 0.336 e. The number of carboxylic acid groups (broad SMARTS) is 1. The Balaban J connectivity index is 1.67. The van der Waals surface area contributed by atoms with Gasteiger partial charge in [0.15, 0.2) is 0 Å². The maximum atomic E-state index is 11.9. The van der Waals surface area contributed by atoms with E-state index in [2.05, 4.69) is 21.9 Å². The van der Waals surface area contributed by atoms with Crippen LogP contribution < -0.4 is 4.74 Å². The minimum atomic E-state index is -1.07. The van der Waals surface area contributed by atoms with Crippen LogP contribution in [0.2, 0.25) is 0 Å². The number of fused-ring (bicyclic) bond motifs is 1. The van der Waals surface area contributed by atoms with Gasteiger partial charge < -0.3 is 9.84 Å². The van der Waals surface area contributed by atoms with Crippen LogP contribution in [0, 0.1) is 0 Å². The van der Waals surface area contributed by atoms with Gasteiger partial charge >= 0.3 is 5.97 Å². The number of ether oxygens (including phenoxy) is 1. The van der Waals surface area contributed by atoms with Crippen LogP contribution in [0.4, 0.5) is 5.69 Å². The van der Waals surface area contributed by atoms with E-state index in [9.17, 15) is 9.90 Å². The molecule has 0 atom stereocenters. The van der Waals surface area contributed by atoms with Crippen LogP contribution in [0.15, 0.2) is 77.9 Å². The monoisotopic (exact) mass is 424 g/mol. The number of aromatic nitrogens is 1. The zero-order valence-electron chi connectivity index (χ0n) is 17.4. The molecule has 0 fully saturated rings. The van der Waals surface area contributed by atoms with E-state index in [-0.39, 0.29) is 5.56 Å². The third kappa shape index (κ3) is 4.38. The number of rotatable bonds is 7. The molecule has 4 aromatic rings. The summed E-state index contributed by atoms with van der Waals surface area (Å²) in [5.74, 6) is -0.226. The van der Waals surface area contributed by atoms with E-state index < -0.39 is 5.97 Å². The van der Waals surface area contributed by atoms with E-state index in [4.69, 9.17) is 10.3 Å². The van der Waals surface area contributed by atoms with E-state index in [0.29, 0.717) is 28.9 Å². The Bertz CT molecular complexity index is 1330. The molecule has 7 heteroatoms. The SMILES string of the molecule is CCCOc1ccc(-c2ccc(-c3cc(C(=O)O)c4cc(N=[N+]=[N-])ccc4n3)cc2)cc1. The first-order valence-corrected chi connectivity index (χ1v) is 10.2. The van der Waals surface area contributed by atoms with Crippen molar-refractivity contribution >= 4 is 22.6 Å². The standard InChI is InChI=1S/C25H20N4O3/c1-2-13-32-20-10-7-17(8-11-20)16-3-5-18(6-4-16)24-15-22(25(30)31)21-14-19(28-29-26)9-12-23(21)27-24/h3-12,14-15H,2,13H2,1H3,(H,30,31). The van der Waals surface area contributed by atoms with E-state index in [1.54, 1.807) is 18.2 Å². The molecule has 32 heavy (non-hydrogen) atoms. The Kier molecular flexibility index (Phi) is 6.01. The predicted molar refractivity (Wildman–Crippen MR) is 124 cm³/mol. The molecule has 4 rings (SSSR count). The molecule has 0 amide bonds. The molecule has 0 saturated carbocycles. The molecule has 0 saturated heterocycles. The number of azide groups is 1. The van der Waals surface area contributed by atoms with Gasteiger partial charge in [0.05, 0.1) is 23.4 Å². The normalized spacial score (nSPS) is 10.5. The summed E-state index contributed by atoms with van der Waals surface area (Å²) in [6.45, 7) is 2.76. The Hall–Kier alpha value is -4.35. The molecule has 1 aromatic heterocycles. The van der Waals surface area contributed by atoms with Crippen LogP contribution in [0.1, 0.15) is 23.7 Å². The van der Waals surface area contributed by atoms with E-state index in [1.165, 1.54) is 6.07 Å². The van der Waals surface area contributed by atoms with Crippen LogP contribution >= 0.6 is 0 Å². The lowest BCUT2D eigenvalue weighted by molar-refractivity contribution is 0.0699. The quantitative estimate of drug-likeness (QED) is 0.196. The van der Waals surface area contributed by atoms with Gasteiger partial charge in [-0.1, -0.05) is 54.5 Å². The summed E-state index contributed by atoms with van der Waals surface area (Å²) in [4.78, 5) is 19.2. The number of aromatic carboxylic acids is 1. The highest BCUT2D eigenvalue weighted by Gasteiger charge is 2.14. The molecule has 1 heterocycles. The van der Waals surface area contributed by atoms with Crippen molar-refractivity contribution in [3.05, 3.63) is 88.8 Å². The smallest absolute Gasteiger partial charge is 0.336 e. The molecule has 0 aliphatic rings. The van der Waals surface area contributed by atoms with Crippen LogP contribution in [0.3, 0.4) is 0 Å². The molecular weight excluding hydrogens is 404 g/mol. The molecule has 0 radical (unpaired) electrons. The Labute approximate surface area is 184 Å². The number of hydrogen-bond donors (Lipinski definition) is 1. The molecule has 0 bridgehead atoms. The van der Waals surface area contributed by atoms with Crippen molar-refractivity contribution in [3.8, 4) is 28.1 Å². The Morgan fingerprint density at radius 1 is 1.00 bits per heavy atom. The van der Waals surface area contributed by atoms with Gasteiger partial charge in [-0.15, -0.1) is 0 Å². The number of nitrogens with zero attached hydrogens (tertiary/aromatic N) is 4. The number of carboxylic acids is 1. The average molecular weight is 424 g/mol. The van der Waals surface area contributed by atoms with Gasteiger partial charge in [-0.3, -0.25) is 0 Å². The fraction of sp³-hybridized carbons (Fsp3) is 0.120. The lowest BCUT2D eigenvalue weighted by Gasteiger charge is -2.09. The molecule has 3 aromatic carbocycles. The van der Waals surface area contributed by atoms with Crippen molar-refractivity contribution in [2.45, 2.75) is 13.3 Å². The van der Waals surface area contributed by atoms with Crippen LogP contribution in [0.25, 0.3) is 43.7 Å². The molecule has 7 nitrogen and oxygen atoms in total. The van der Waals surface area contributed by atoms with E-state index in [0.717, 1.165) is 28.9 Å². The van der Waals surface area contributed by atoms with Gasteiger partial charge in [0.1, 0.15) is 5.75 Å². The average Bonchev–Trinajstić information content (AvgIpc) is 2.82. The number of carbonyl (C=O) groups is 1. The topological polar surface area (TPSA) is 108 Å². The summed E-state index contributed by atoms with van der Waals surface area (Å²) in [5.41, 5.74) is 13.1. The first-order valence-electron chi connectivity index (χ1n) is 10.2. The lowest BCUT2D eigenvalue weighted by Crippen LogP contribution is -2.00. The van der Waals surface area contributed by atoms with E-state index >= 15 is 0 Å². The molecule has 0 unspecified atom stereocenters. The zero-order chi connectivity index (χ0) is 22.5. The molecular formula is C25H20N4O3. The third-order valence-electron chi connectivity index (χ3n) is 5.02. The van der Waals surface area contributed by atoms with Gasteiger partial charge in [-0.2, -0.15) is 0 Å². The van der Waals surface area contributed by atoms with Gasteiger partial charge in [-0.25, -0.2) is 9.78 Å². The third-order valence-corrected chi connectivity index (χ3v) is 5.02. The summed E-state index contributed by atoms with van der Waals surface area (Å²) >= 11 is 0. The summed E-state index contributed by atoms with van der Waals surface area (Å²) < 4.78 is 5.63. The molecule has 0 spiro atoms. The van der Waals surface area contributed by atoms with Crippen molar-refractivity contribution in [2.75, 3.05) is 6.61 Å². The number of hydrogen-bond acceptors (Lipinski definition) is 4. The Morgan fingerprint density at radius 3 is 2.28 bits per heavy atom. The second kappa shape index (κ2) is 9.20. The zero-order valence-corrected chi connectivity index (χ0v) is 17.4. The first-order chi connectivity index (χ1) is 15.6. The largest absolute Gasteiger partial charge is 0.494 e. The van der Waals surface area contributed by atoms with Gasteiger partial charge in [0.2, 0.25) is 0 Å². The van der Waals surface area contributed by atoms with Crippen molar-refractivity contribution in [3.63, 3.8) is 0 Å². The number of pyridine rings is 1. The summed E-state index contributed by atoms with van der Waals surface area (Å²) in [7, 11) is 0. The molecule has 1 N–H and O–H groups in total. The summed E-state index contributed by atoms with van der Waals surface area (Å²) in [6.07, 6.45) is 0.963. The Morgan fingerprint density at radius 2 is 1.66 bits per heavy atom. The van der Waals surface area contributed by atoms with Crippen LogP contribution in [0.5, 0.6) is 5.75 Å². The maximum absolute atomic E-state index is 11.9. The summed E-state index contributed by atoms with van der Waals surface area (Å²) in [6, 6.07) is 22.1. The molecule has 0 aliphatic carbocycles. The van der Waals surface area contributed by atoms with Crippen molar-refractivity contribution < 1.29 is 14.6 Å². The minimum Gasteiger partial charge on any atom is -0.494 e.